The first-order valence-corrected chi connectivity index (χ1v) is 7.94. The lowest BCUT2D eigenvalue weighted by molar-refractivity contribution is 0.413. The van der Waals surface area contributed by atoms with Gasteiger partial charge in [0.1, 0.15) is 10.5 Å². The number of rotatable bonds is 2. The number of para-hydroxylation sites is 2. The van der Waals surface area contributed by atoms with Crippen LogP contribution < -0.4 is 10.5 Å². The molecule has 1 fully saturated rings. The largest absolute Gasteiger partial charge is 0.440 e. The van der Waals surface area contributed by atoms with Crippen LogP contribution in [0.3, 0.4) is 0 Å². The summed E-state index contributed by atoms with van der Waals surface area (Å²) in [7, 11) is 0. The number of piperidine rings is 1. The van der Waals surface area contributed by atoms with Gasteiger partial charge in [-0.2, -0.15) is 5.10 Å². The quantitative estimate of drug-likeness (QED) is 0.782. The van der Waals surface area contributed by atoms with Gasteiger partial charge in [-0.1, -0.05) is 23.7 Å². The number of H-pyrrole nitrogens is 1. The number of aromatic nitrogens is 3. The number of nitrogens with one attached hydrogen (secondary N) is 1. The number of anilines is 1. The van der Waals surface area contributed by atoms with E-state index in [2.05, 4.69) is 20.1 Å². The van der Waals surface area contributed by atoms with E-state index in [-0.39, 0.29) is 16.5 Å². The van der Waals surface area contributed by atoms with Gasteiger partial charge in [-0.05, 0) is 25.0 Å². The maximum Gasteiger partial charge on any atom is 0.285 e. The number of aromatic amines is 1. The van der Waals surface area contributed by atoms with Gasteiger partial charge in [0.05, 0.1) is 17.8 Å². The molecule has 1 N–H and O–H groups in total. The molecule has 1 aliphatic heterocycles. The highest BCUT2D eigenvalue weighted by Gasteiger charge is 2.27. The average Bonchev–Trinajstić information content (AvgIpc) is 3.02. The molecule has 3 heterocycles. The van der Waals surface area contributed by atoms with Gasteiger partial charge >= 0.3 is 0 Å². The van der Waals surface area contributed by atoms with Crippen molar-refractivity contribution in [2.24, 2.45) is 0 Å². The highest BCUT2D eigenvalue weighted by molar-refractivity contribution is 6.33. The fourth-order valence-corrected chi connectivity index (χ4v) is 3.27. The van der Waals surface area contributed by atoms with Crippen LogP contribution in [-0.4, -0.2) is 28.3 Å². The first-order valence-electron chi connectivity index (χ1n) is 7.56. The average molecular weight is 331 g/mol. The van der Waals surface area contributed by atoms with Crippen molar-refractivity contribution in [3.8, 4) is 0 Å². The molecule has 23 heavy (non-hydrogen) atoms. The Morgan fingerprint density at radius 1 is 1.35 bits per heavy atom. The Kier molecular flexibility index (Phi) is 3.53. The summed E-state index contributed by atoms with van der Waals surface area (Å²) in [5, 5.41) is 6.37. The second kappa shape index (κ2) is 5.70. The molecule has 7 heteroatoms. The zero-order valence-corrected chi connectivity index (χ0v) is 13.1. The third-order valence-corrected chi connectivity index (χ3v) is 4.56. The molecule has 4 rings (SSSR count). The normalized spacial score (nSPS) is 18.5. The number of nitrogens with zero attached hydrogens (tertiary/aromatic N) is 3. The van der Waals surface area contributed by atoms with Crippen LogP contribution in [0.1, 0.15) is 24.7 Å². The minimum atomic E-state index is -0.367. The van der Waals surface area contributed by atoms with Gasteiger partial charge in [-0.15, -0.1) is 0 Å². The Hall–Kier alpha value is -2.34. The summed E-state index contributed by atoms with van der Waals surface area (Å²) in [5.74, 6) is 0.913. The van der Waals surface area contributed by atoms with Crippen molar-refractivity contribution in [2.75, 3.05) is 18.0 Å². The van der Waals surface area contributed by atoms with Gasteiger partial charge in [-0.3, -0.25) is 4.79 Å². The molecule has 0 radical (unpaired) electrons. The molecule has 0 bridgehead atoms. The molecule has 1 saturated heterocycles. The first-order chi connectivity index (χ1) is 11.2. The van der Waals surface area contributed by atoms with Gasteiger partial charge in [0.15, 0.2) is 11.5 Å². The summed E-state index contributed by atoms with van der Waals surface area (Å²) in [6.45, 7) is 1.54. The molecule has 1 aliphatic rings. The van der Waals surface area contributed by atoms with Crippen molar-refractivity contribution in [3.05, 3.63) is 51.7 Å². The van der Waals surface area contributed by atoms with Gasteiger partial charge in [0.25, 0.3) is 5.56 Å². The maximum atomic E-state index is 11.6. The van der Waals surface area contributed by atoms with Crippen LogP contribution in [0.4, 0.5) is 5.69 Å². The number of halogens is 1. The zero-order valence-electron chi connectivity index (χ0n) is 12.3. The molecule has 0 spiro atoms. The van der Waals surface area contributed by atoms with E-state index >= 15 is 0 Å². The smallest absolute Gasteiger partial charge is 0.285 e. The summed E-state index contributed by atoms with van der Waals surface area (Å²) >= 11 is 6.12. The van der Waals surface area contributed by atoms with Crippen molar-refractivity contribution in [2.45, 2.75) is 18.8 Å². The second-order valence-electron chi connectivity index (χ2n) is 5.70. The van der Waals surface area contributed by atoms with Crippen LogP contribution in [0.2, 0.25) is 5.02 Å². The SMILES string of the molecule is O=c1[nH]ncc(N2CCC[C@@H](c3nc4ccccc4o3)C2)c1Cl. The third kappa shape index (κ3) is 2.59. The van der Waals surface area contributed by atoms with Gasteiger partial charge in [-0.25, -0.2) is 10.1 Å². The van der Waals surface area contributed by atoms with E-state index in [1.807, 2.05) is 24.3 Å². The Morgan fingerprint density at radius 2 is 2.22 bits per heavy atom. The summed E-state index contributed by atoms with van der Waals surface area (Å²) in [6, 6.07) is 7.75. The van der Waals surface area contributed by atoms with E-state index in [1.165, 1.54) is 0 Å². The predicted molar refractivity (Wildman–Crippen MR) is 88.1 cm³/mol. The molecular formula is C16H15ClN4O2. The number of benzene rings is 1. The van der Waals surface area contributed by atoms with Crippen LogP contribution in [0, 0.1) is 0 Å². The van der Waals surface area contributed by atoms with Crippen LogP contribution in [0.15, 0.2) is 39.7 Å². The van der Waals surface area contributed by atoms with Gasteiger partial charge < -0.3 is 9.32 Å². The highest BCUT2D eigenvalue weighted by atomic mass is 35.5. The topological polar surface area (TPSA) is 75.0 Å². The molecule has 1 atom stereocenters. The van der Waals surface area contributed by atoms with E-state index in [0.717, 1.165) is 36.4 Å². The summed E-state index contributed by atoms with van der Waals surface area (Å²) in [5.41, 5.74) is 1.97. The van der Waals surface area contributed by atoms with Crippen molar-refractivity contribution in [3.63, 3.8) is 0 Å². The van der Waals surface area contributed by atoms with Crippen LogP contribution >= 0.6 is 11.6 Å². The number of fused-ring (bicyclic) bond motifs is 1. The molecule has 3 aromatic rings. The maximum absolute atomic E-state index is 11.6. The lowest BCUT2D eigenvalue weighted by Gasteiger charge is -2.32. The molecule has 118 valence electrons. The fourth-order valence-electron chi connectivity index (χ4n) is 3.06. The van der Waals surface area contributed by atoms with Crippen LogP contribution in [0.5, 0.6) is 0 Å². The third-order valence-electron chi connectivity index (χ3n) is 4.20. The number of hydrogen-bond acceptors (Lipinski definition) is 5. The second-order valence-corrected chi connectivity index (χ2v) is 6.08. The van der Waals surface area contributed by atoms with Crippen molar-refractivity contribution < 1.29 is 4.42 Å². The van der Waals surface area contributed by atoms with Gasteiger partial charge in [0, 0.05) is 13.1 Å². The lowest BCUT2D eigenvalue weighted by Crippen LogP contribution is -2.35. The van der Waals surface area contributed by atoms with E-state index in [9.17, 15) is 4.79 Å². The Bertz CT molecular complexity index is 871. The van der Waals surface area contributed by atoms with E-state index in [0.29, 0.717) is 12.2 Å². The summed E-state index contributed by atoms with van der Waals surface area (Å²) < 4.78 is 5.89. The molecule has 2 aromatic heterocycles. The van der Waals surface area contributed by atoms with Crippen molar-refractivity contribution in [1.29, 1.82) is 0 Å². The van der Waals surface area contributed by atoms with E-state index in [4.69, 9.17) is 16.0 Å². The summed E-state index contributed by atoms with van der Waals surface area (Å²) in [6.07, 6.45) is 3.57. The Morgan fingerprint density at radius 3 is 3.09 bits per heavy atom. The molecule has 0 saturated carbocycles. The van der Waals surface area contributed by atoms with Crippen molar-refractivity contribution >= 4 is 28.4 Å². The zero-order chi connectivity index (χ0) is 15.8. The molecule has 0 aliphatic carbocycles. The molecular weight excluding hydrogens is 316 g/mol. The standard InChI is InChI=1S/C16H15ClN4O2/c17-14-12(8-18-20-15(14)22)21-7-3-4-10(9-21)16-19-11-5-1-2-6-13(11)23-16/h1-2,5-6,8,10H,3-4,7,9H2,(H,20,22)/t10-/m1/s1. The summed E-state index contributed by atoms with van der Waals surface area (Å²) in [4.78, 5) is 18.3. The number of hydrogen-bond donors (Lipinski definition) is 1. The van der Waals surface area contributed by atoms with E-state index < -0.39 is 0 Å². The Labute approximate surface area is 137 Å². The van der Waals surface area contributed by atoms with Crippen LogP contribution in [0.25, 0.3) is 11.1 Å². The van der Waals surface area contributed by atoms with Crippen molar-refractivity contribution in [1.82, 2.24) is 15.2 Å². The van der Waals surface area contributed by atoms with Gasteiger partial charge in [0.2, 0.25) is 0 Å². The Balaban J connectivity index is 1.64. The predicted octanol–water partition coefficient (Wildman–Crippen LogP) is 2.95. The van der Waals surface area contributed by atoms with E-state index in [1.54, 1.807) is 6.20 Å². The lowest BCUT2D eigenvalue weighted by atomic mass is 9.97. The minimum Gasteiger partial charge on any atom is -0.440 e. The number of oxazole rings is 1. The molecule has 0 amide bonds. The monoisotopic (exact) mass is 330 g/mol. The molecule has 0 unspecified atom stereocenters. The highest BCUT2D eigenvalue weighted by Crippen LogP contribution is 2.32. The minimum absolute atomic E-state index is 0.173. The van der Waals surface area contributed by atoms with Crippen LogP contribution in [-0.2, 0) is 0 Å². The fraction of sp³-hybridized carbons (Fsp3) is 0.312. The molecule has 6 nitrogen and oxygen atoms in total. The molecule has 1 aromatic carbocycles. The first kappa shape index (κ1) is 14.3.